The van der Waals surface area contributed by atoms with Crippen molar-refractivity contribution >= 4 is 5.78 Å². The van der Waals surface area contributed by atoms with Crippen molar-refractivity contribution in [1.82, 2.24) is 4.90 Å². The van der Waals surface area contributed by atoms with Crippen LogP contribution in [-0.4, -0.2) is 42.5 Å². The van der Waals surface area contributed by atoms with E-state index in [1.165, 1.54) is 5.56 Å². The molecule has 1 rings (SSSR count). The predicted molar refractivity (Wildman–Crippen MR) is 83.3 cm³/mol. The molecule has 0 heterocycles. The molecule has 112 valence electrons. The smallest absolute Gasteiger partial charge is 0.176 e. The minimum atomic E-state index is 0.171. The Hall–Kier alpha value is -1.19. The van der Waals surface area contributed by atoms with Crippen LogP contribution in [-0.2, 0) is 0 Å². The summed E-state index contributed by atoms with van der Waals surface area (Å²) in [4.78, 5) is 14.2. The minimum Gasteiger partial charge on any atom is -0.396 e. The van der Waals surface area contributed by atoms with Gasteiger partial charge in [-0.3, -0.25) is 9.69 Å². The summed E-state index contributed by atoms with van der Waals surface area (Å²) in [5.74, 6) is 0.665. The van der Waals surface area contributed by atoms with Crippen LogP contribution >= 0.6 is 0 Å². The minimum absolute atomic E-state index is 0.171. The van der Waals surface area contributed by atoms with Crippen LogP contribution in [0.25, 0.3) is 0 Å². The first-order chi connectivity index (χ1) is 9.54. The first-order valence-electron chi connectivity index (χ1n) is 7.47. The van der Waals surface area contributed by atoms with Gasteiger partial charge < -0.3 is 5.11 Å². The van der Waals surface area contributed by atoms with Crippen LogP contribution in [0.2, 0.25) is 0 Å². The first kappa shape index (κ1) is 16.9. The van der Waals surface area contributed by atoms with Crippen molar-refractivity contribution in [3.63, 3.8) is 0 Å². The summed E-state index contributed by atoms with van der Waals surface area (Å²) in [6.45, 7) is 5.91. The summed E-state index contributed by atoms with van der Waals surface area (Å²) in [6.07, 6.45) is 2.88. The molecule has 0 saturated heterocycles. The summed E-state index contributed by atoms with van der Waals surface area (Å²) in [7, 11) is 1.97. The zero-order chi connectivity index (χ0) is 15.0. The number of Topliss-reactive ketones (excluding diaryl/α,β-unsaturated/α-hetero) is 1. The van der Waals surface area contributed by atoms with E-state index in [4.69, 9.17) is 5.11 Å². The molecule has 0 spiro atoms. The van der Waals surface area contributed by atoms with E-state index < -0.39 is 0 Å². The van der Waals surface area contributed by atoms with Gasteiger partial charge in [-0.05, 0) is 44.3 Å². The molecule has 0 fully saturated rings. The molecule has 3 nitrogen and oxygen atoms in total. The van der Waals surface area contributed by atoms with E-state index in [1.54, 1.807) is 0 Å². The molecule has 0 saturated carbocycles. The van der Waals surface area contributed by atoms with E-state index in [0.717, 1.165) is 31.4 Å². The fourth-order valence-electron chi connectivity index (χ4n) is 2.14. The third kappa shape index (κ3) is 5.85. The Balaban J connectivity index is 2.41. The van der Waals surface area contributed by atoms with Crippen LogP contribution in [0.5, 0.6) is 0 Å². The van der Waals surface area contributed by atoms with Crippen molar-refractivity contribution in [3.8, 4) is 0 Å². The maximum absolute atomic E-state index is 12.1. The van der Waals surface area contributed by atoms with Crippen LogP contribution in [0.4, 0.5) is 0 Å². The van der Waals surface area contributed by atoms with E-state index >= 15 is 0 Å². The van der Waals surface area contributed by atoms with Gasteiger partial charge >= 0.3 is 0 Å². The number of aliphatic hydroxyl groups is 1. The Morgan fingerprint density at radius 2 is 1.80 bits per heavy atom. The lowest BCUT2D eigenvalue weighted by Crippen LogP contribution is -2.27. The number of ketones is 1. The molecule has 0 unspecified atom stereocenters. The molecule has 3 heteroatoms. The van der Waals surface area contributed by atoms with Gasteiger partial charge in [0.1, 0.15) is 0 Å². The van der Waals surface area contributed by atoms with Gasteiger partial charge in [0, 0.05) is 12.2 Å². The molecule has 0 atom stereocenters. The quantitative estimate of drug-likeness (QED) is 0.557. The first-order valence-corrected chi connectivity index (χ1v) is 7.47. The van der Waals surface area contributed by atoms with Crippen LogP contribution in [0, 0.1) is 0 Å². The van der Waals surface area contributed by atoms with Gasteiger partial charge in [0.2, 0.25) is 0 Å². The van der Waals surface area contributed by atoms with Crippen molar-refractivity contribution in [3.05, 3.63) is 35.4 Å². The van der Waals surface area contributed by atoms with Gasteiger partial charge in [-0.2, -0.15) is 0 Å². The lowest BCUT2D eigenvalue weighted by atomic mass is 10.0. The average molecular weight is 277 g/mol. The number of nitrogens with zero attached hydrogens (tertiary/aromatic N) is 1. The van der Waals surface area contributed by atoms with Crippen LogP contribution in [0.3, 0.4) is 0 Å². The van der Waals surface area contributed by atoms with Crippen molar-refractivity contribution in [2.45, 2.75) is 39.0 Å². The highest BCUT2D eigenvalue weighted by Gasteiger charge is 2.09. The monoisotopic (exact) mass is 277 g/mol. The average Bonchev–Trinajstić information content (AvgIpc) is 2.43. The van der Waals surface area contributed by atoms with Crippen molar-refractivity contribution < 1.29 is 9.90 Å². The second kappa shape index (κ2) is 8.88. The van der Waals surface area contributed by atoms with E-state index in [2.05, 4.69) is 18.7 Å². The number of aliphatic hydroxyl groups excluding tert-OH is 1. The Morgan fingerprint density at radius 3 is 2.35 bits per heavy atom. The largest absolute Gasteiger partial charge is 0.396 e. The Bertz CT molecular complexity index is 398. The van der Waals surface area contributed by atoms with Gasteiger partial charge in [0.25, 0.3) is 0 Å². The molecule has 0 amide bonds. The SMILES string of the molecule is CC(C)c1ccc(C(=O)CN(C)CCCCCO)cc1. The predicted octanol–water partition coefficient (Wildman–Crippen LogP) is 3.09. The highest BCUT2D eigenvalue weighted by molar-refractivity contribution is 5.97. The number of carbonyl (C=O) groups excluding carboxylic acids is 1. The lowest BCUT2D eigenvalue weighted by Gasteiger charge is -2.15. The maximum Gasteiger partial charge on any atom is 0.176 e. The molecule has 0 aliphatic carbocycles. The summed E-state index contributed by atoms with van der Waals surface area (Å²) in [5, 5.41) is 8.72. The van der Waals surface area contributed by atoms with Crippen LogP contribution in [0.15, 0.2) is 24.3 Å². The number of hydrogen-bond donors (Lipinski definition) is 1. The van der Waals surface area contributed by atoms with Crippen LogP contribution < -0.4 is 0 Å². The Morgan fingerprint density at radius 1 is 1.15 bits per heavy atom. The number of likely N-dealkylation sites (N-methyl/N-ethyl adjacent to an activating group) is 1. The second-order valence-electron chi connectivity index (χ2n) is 5.72. The summed E-state index contributed by atoms with van der Waals surface area (Å²) in [5.41, 5.74) is 2.05. The Kier molecular flexibility index (Phi) is 7.48. The molecular formula is C17H27NO2. The van der Waals surface area contributed by atoms with E-state index in [-0.39, 0.29) is 12.4 Å². The molecular weight excluding hydrogens is 250 g/mol. The summed E-state index contributed by atoms with van der Waals surface area (Å²) >= 11 is 0. The third-order valence-electron chi connectivity index (χ3n) is 3.51. The van der Waals surface area contributed by atoms with E-state index in [0.29, 0.717) is 12.5 Å². The highest BCUT2D eigenvalue weighted by atomic mass is 16.2. The van der Waals surface area contributed by atoms with Gasteiger partial charge in [0.15, 0.2) is 5.78 Å². The van der Waals surface area contributed by atoms with Gasteiger partial charge in [-0.25, -0.2) is 0 Å². The zero-order valence-electron chi connectivity index (χ0n) is 12.9. The third-order valence-corrected chi connectivity index (χ3v) is 3.51. The molecule has 1 N–H and O–H groups in total. The number of carbonyl (C=O) groups is 1. The molecule has 0 radical (unpaired) electrons. The zero-order valence-corrected chi connectivity index (χ0v) is 12.9. The van der Waals surface area contributed by atoms with Crippen molar-refractivity contribution in [1.29, 1.82) is 0 Å². The fourth-order valence-corrected chi connectivity index (χ4v) is 2.14. The number of rotatable bonds is 9. The highest BCUT2D eigenvalue weighted by Crippen LogP contribution is 2.15. The molecule has 0 aliphatic heterocycles. The molecule has 0 bridgehead atoms. The van der Waals surface area contributed by atoms with Gasteiger partial charge in [-0.15, -0.1) is 0 Å². The number of benzene rings is 1. The molecule has 0 aromatic heterocycles. The standard InChI is InChI=1S/C17H27NO2/c1-14(2)15-7-9-16(10-8-15)17(20)13-18(3)11-5-4-6-12-19/h7-10,14,19H,4-6,11-13H2,1-3H3. The van der Waals surface area contributed by atoms with E-state index in [1.807, 2.05) is 31.3 Å². The fraction of sp³-hybridized carbons (Fsp3) is 0.588. The van der Waals surface area contributed by atoms with Gasteiger partial charge in [-0.1, -0.05) is 38.1 Å². The molecule has 1 aromatic rings. The lowest BCUT2D eigenvalue weighted by molar-refractivity contribution is 0.0945. The topological polar surface area (TPSA) is 40.5 Å². The molecule has 20 heavy (non-hydrogen) atoms. The number of hydrogen-bond acceptors (Lipinski definition) is 3. The molecule has 1 aromatic carbocycles. The van der Waals surface area contributed by atoms with Crippen LogP contribution in [0.1, 0.15) is 54.9 Å². The van der Waals surface area contributed by atoms with Gasteiger partial charge in [0.05, 0.1) is 6.54 Å². The maximum atomic E-state index is 12.1. The van der Waals surface area contributed by atoms with Crippen molar-refractivity contribution in [2.24, 2.45) is 0 Å². The second-order valence-corrected chi connectivity index (χ2v) is 5.72. The van der Waals surface area contributed by atoms with Crippen molar-refractivity contribution in [2.75, 3.05) is 26.7 Å². The summed E-state index contributed by atoms with van der Waals surface area (Å²) in [6, 6.07) is 7.94. The Labute approximate surface area is 122 Å². The number of unbranched alkanes of at least 4 members (excludes halogenated alkanes) is 2. The normalized spacial score (nSPS) is 11.3. The summed E-state index contributed by atoms with van der Waals surface area (Å²) < 4.78 is 0. The molecule has 0 aliphatic rings. The van der Waals surface area contributed by atoms with E-state index in [9.17, 15) is 4.79 Å².